The molecule has 0 atom stereocenters. The third kappa shape index (κ3) is 3.91. The Morgan fingerprint density at radius 2 is 1.90 bits per heavy atom. The molecular weight excluding hydrogens is 262 g/mol. The van der Waals surface area contributed by atoms with Crippen molar-refractivity contribution >= 4 is 5.65 Å². The standard InChI is InChI=1S/C17H25N3O/c1-12(2)15(13(3)4)11-18-10-14-9-17(21)20-8-6-5-7-16(20)19-14/h5-9,12-13,15,18H,10-11H2,1-4H3. The first-order valence-electron chi connectivity index (χ1n) is 7.67. The van der Waals surface area contributed by atoms with E-state index in [4.69, 9.17) is 0 Å². The maximum atomic E-state index is 12.0. The summed E-state index contributed by atoms with van der Waals surface area (Å²) >= 11 is 0. The predicted molar refractivity (Wildman–Crippen MR) is 86.3 cm³/mol. The third-order valence-electron chi connectivity index (χ3n) is 4.02. The minimum atomic E-state index is -0.0262. The van der Waals surface area contributed by atoms with Crippen molar-refractivity contribution in [3.05, 3.63) is 46.5 Å². The fourth-order valence-corrected chi connectivity index (χ4v) is 2.80. The monoisotopic (exact) mass is 287 g/mol. The Morgan fingerprint density at radius 3 is 2.57 bits per heavy atom. The molecule has 0 bridgehead atoms. The second kappa shape index (κ2) is 6.85. The zero-order valence-corrected chi connectivity index (χ0v) is 13.3. The normalized spacial score (nSPS) is 12.0. The Labute approximate surface area is 126 Å². The molecule has 0 radical (unpaired) electrons. The molecule has 0 fully saturated rings. The summed E-state index contributed by atoms with van der Waals surface area (Å²) in [5.41, 5.74) is 1.48. The van der Waals surface area contributed by atoms with Crippen molar-refractivity contribution in [2.75, 3.05) is 6.54 Å². The molecule has 0 saturated carbocycles. The molecule has 2 rings (SSSR count). The molecule has 0 saturated heterocycles. The quantitative estimate of drug-likeness (QED) is 0.888. The number of aromatic nitrogens is 2. The average molecular weight is 287 g/mol. The molecule has 4 nitrogen and oxygen atoms in total. The van der Waals surface area contributed by atoms with Gasteiger partial charge in [-0.1, -0.05) is 33.8 Å². The Balaban J connectivity index is 2.05. The molecule has 114 valence electrons. The average Bonchev–Trinajstić information content (AvgIpc) is 2.43. The van der Waals surface area contributed by atoms with Crippen LogP contribution in [0.25, 0.3) is 5.65 Å². The van der Waals surface area contributed by atoms with Gasteiger partial charge in [0.05, 0.1) is 5.69 Å². The van der Waals surface area contributed by atoms with Gasteiger partial charge in [0.2, 0.25) is 0 Å². The van der Waals surface area contributed by atoms with E-state index in [-0.39, 0.29) is 5.56 Å². The van der Waals surface area contributed by atoms with Gasteiger partial charge in [0.15, 0.2) is 0 Å². The molecule has 0 aliphatic heterocycles. The minimum absolute atomic E-state index is 0.0262. The minimum Gasteiger partial charge on any atom is -0.311 e. The summed E-state index contributed by atoms with van der Waals surface area (Å²) in [7, 11) is 0. The summed E-state index contributed by atoms with van der Waals surface area (Å²) in [6, 6.07) is 7.20. The molecule has 1 N–H and O–H groups in total. The molecule has 0 unspecified atom stereocenters. The second-order valence-corrected chi connectivity index (χ2v) is 6.30. The SMILES string of the molecule is CC(C)C(CNCc1cc(=O)n2ccccc2n1)C(C)C. The first-order valence-corrected chi connectivity index (χ1v) is 7.67. The van der Waals surface area contributed by atoms with Gasteiger partial charge in [0.25, 0.3) is 5.56 Å². The van der Waals surface area contributed by atoms with E-state index in [1.54, 1.807) is 16.7 Å². The number of hydrogen-bond donors (Lipinski definition) is 1. The fraction of sp³-hybridized carbons (Fsp3) is 0.529. The Bertz CT molecular complexity index is 638. The van der Waals surface area contributed by atoms with Crippen LogP contribution in [0.4, 0.5) is 0 Å². The van der Waals surface area contributed by atoms with E-state index < -0.39 is 0 Å². The van der Waals surface area contributed by atoms with E-state index in [1.807, 2.05) is 18.2 Å². The van der Waals surface area contributed by atoms with Gasteiger partial charge in [-0.3, -0.25) is 9.20 Å². The highest BCUT2D eigenvalue weighted by atomic mass is 16.1. The van der Waals surface area contributed by atoms with Crippen molar-refractivity contribution in [2.24, 2.45) is 17.8 Å². The molecule has 0 aliphatic rings. The van der Waals surface area contributed by atoms with Crippen LogP contribution >= 0.6 is 0 Å². The van der Waals surface area contributed by atoms with Crippen LogP contribution < -0.4 is 10.9 Å². The summed E-state index contributed by atoms with van der Waals surface area (Å²) in [6.45, 7) is 10.6. The van der Waals surface area contributed by atoms with E-state index in [1.165, 1.54) is 0 Å². The van der Waals surface area contributed by atoms with Crippen LogP contribution in [0.3, 0.4) is 0 Å². The highest BCUT2D eigenvalue weighted by Gasteiger charge is 2.16. The summed E-state index contributed by atoms with van der Waals surface area (Å²) in [5, 5.41) is 3.45. The van der Waals surface area contributed by atoms with Crippen molar-refractivity contribution in [3.8, 4) is 0 Å². The van der Waals surface area contributed by atoms with Crippen LogP contribution in [0.2, 0.25) is 0 Å². The van der Waals surface area contributed by atoms with Crippen LogP contribution in [-0.4, -0.2) is 15.9 Å². The van der Waals surface area contributed by atoms with Crippen LogP contribution in [0.5, 0.6) is 0 Å². The molecular formula is C17H25N3O. The van der Waals surface area contributed by atoms with Crippen molar-refractivity contribution in [2.45, 2.75) is 34.2 Å². The van der Waals surface area contributed by atoms with Crippen molar-refractivity contribution in [3.63, 3.8) is 0 Å². The van der Waals surface area contributed by atoms with Crippen molar-refractivity contribution < 1.29 is 0 Å². The lowest BCUT2D eigenvalue weighted by atomic mass is 9.85. The maximum absolute atomic E-state index is 12.0. The highest BCUT2D eigenvalue weighted by Crippen LogP contribution is 2.19. The number of nitrogens with zero attached hydrogens (tertiary/aromatic N) is 2. The number of nitrogens with one attached hydrogen (secondary N) is 1. The van der Waals surface area contributed by atoms with E-state index in [0.717, 1.165) is 12.2 Å². The van der Waals surface area contributed by atoms with Gasteiger partial charge in [-0.05, 0) is 36.4 Å². The summed E-state index contributed by atoms with van der Waals surface area (Å²) in [5.74, 6) is 1.92. The topological polar surface area (TPSA) is 46.4 Å². The molecule has 21 heavy (non-hydrogen) atoms. The summed E-state index contributed by atoms with van der Waals surface area (Å²) < 4.78 is 1.56. The molecule has 0 spiro atoms. The van der Waals surface area contributed by atoms with E-state index >= 15 is 0 Å². The first kappa shape index (κ1) is 15.7. The van der Waals surface area contributed by atoms with E-state index in [2.05, 4.69) is 38.0 Å². The lowest BCUT2D eigenvalue weighted by Gasteiger charge is -2.25. The lowest BCUT2D eigenvalue weighted by Crippen LogP contribution is -2.30. The van der Waals surface area contributed by atoms with Crippen LogP contribution in [0.1, 0.15) is 33.4 Å². The predicted octanol–water partition coefficient (Wildman–Crippen LogP) is 2.71. The van der Waals surface area contributed by atoms with Crippen LogP contribution in [0.15, 0.2) is 35.3 Å². The molecule has 0 amide bonds. The van der Waals surface area contributed by atoms with E-state index in [9.17, 15) is 4.79 Å². The number of rotatable bonds is 6. The molecule has 4 heteroatoms. The van der Waals surface area contributed by atoms with Crippen molar-refractivity contribution in [1.29, 1.82) is 0 Å². The molecule has 0 aliphatic carbocycles. The number of hydrogen-bond acceptors (Lipinski definition) is 3. The van der Waals surface area contributed by atoms with Gasteiger partial charge >= 0.3 is 0 Å². The largest absolute Gasteiger partial charge is 0.311 e. The zero-order chi connectivity index (χ0) is 15.4. The Morgan fingerprint density at radius 1 is 1.19 bits per heavy atom. The smallest absolute Gasteiger partial charge is 0.258 e. The molecule has 2 aromatic heterocycles. The molecule has 0 aromatic carbocycles. The van der Waals surface area contributed by atoms with Gasteiger partial charge < -0.3 is 5.32 Å². The second-order valence-electron chi connectivity index (χ2n) is 6.30. The Kier molecular flexibility index (Phi) is 5.12. The lowest BCUT2D eigenvalue weighted by molar-refractivity contribution is 0.275. The van der Waals surface area contributed by atoms with Gasteiger partial charge in [-0.15, -0.1) is 0 Å². The fourth-order valence-electron chi connectivity index (χ4n) is 2.80. The highest BCUT2D eigenvalue weighted by molar-refractivity contribution is 5.37. The third-order valence-corrected chi connectivity index (χ3v) is 4.02. The zero-order valence-electron chi connectivity index (χ0n) is 13.3. The van der Waals surface area contributed by atoms with Gasteiger partial charge in [-0.2, -0.15) is 0 Å². The van der Waals surface area contributed by atoms with Gasteiger partial charge in [0.1, 0.15) is 5.65 Å². The summed E-state index contributed by atoms with van der Waals surface area (Å²) in [4.78, 5) is 16.5. The summed E-state index contributed by atoms with van der Waals surface area (Å²) in [6.07, 6.45) is 1.75. The van der Waals surface area contributed by atoms with Gasteiger partial charge in [-0.25, -0.2) is 4.98 Å². The maximum Gasteiger partial charge on any atom is 0.258 e. The number of pyridine rings is 1. The Hall–Kier alpha value is -1.68. The molecule has 2 heterocycles. The van der Waals surface area contributed by atoms with Crippen LogP contribution in [0, 0.1) is 17.8 Å². The van der Waals surface area contributed by atoms with E-state index in [0.29, 0.717) is 29.9 Å². The molecule has 2 aromatic rings. The van der Waals surface area contributed by atoms with Crippen molar-refractivity contribution in [1.82, 2.24) is 14.7 Å². The first-order chi connectivity index (χ1) is 9.99. The van der Waals surface area contributed by atoms with Crippen LogP contribution in [-0.2, 0) is 6.54 Å². The van der Waals surface area contributed by atoms with Gasteiger partial charge in [0, 0.05) is 18.8 Å². The number of fused-ring (bicyclic) bond motifs is 1.